The van der Waals surface area contributed by atoms with Crippen LogP contribution in [0.3, 0.4) is 0 Å². The summed E-state index contributed by atoms with van der Waals surface area (Å²) in [6, 6.07) is 1.88. The molecule has 0 unspecified atom stereocenters. The Morgan fingerprint density at radius 3 is 2.80 bits per heavy atom. The summed E-state index contributed by atoms with van der Waals surface area (Å²) in [7, 11) is 0. The number of hydrogen-bond acceptors (Lipinski definition) is 3. The molecule has 1 aromatic heterocycles. The third kappa shape index (κ3) is 1.39. The third-order valence-corrected chi connectivity index (χ3v) is 3.31. The molecule has 0 aromatic carbocycles. The SMILES string of the molecule is O=C1/C(=C\c2ccoc2)N2CCC1CC2. The van der Waals surface area contributed by atoms with E-state index in [2.05, 4.69) is 4.90 Å². The molecule has 4 rings (SSSR count). The van der Waals surface area contributed by atoms with Gasteiger partial charge in [-0.3, -0.25) is 4.79 Å². The summed E-state index contributed by atoms with van der Waals surface area (Å²) in [5.41, 5.74) is 1.85. The van der Waals surface area contributed by atoms with E-state index in [9.17, 15) is 4.79 Å². The van der Waals surface area contributed by atoms with E-state index >= 15 is 0 Å². The van der Waals surface area contributed by atoms with Crippen LogP contribution in [0.4, 0.5) is 0 Å². The van der Waals surface area contributed by atoms with Gasteiger partial charge in [-0.25, -0.2) is 0 Å². The molecule has 0 amide bonds. The molecule has 3 aliphatic rings. The summed E-state index contributed by atoms with van der Waals surface area (Å²) in [6.45, 7) is 2.06. The first-order valence-corrected chi connectivity index (χ1v) is 5.37. The van der Waals surface area contributed by atoms with Crippen LogP contribution < -0.4 is 0 Å². The molecule has 3 heteroatoms. The Labute approximate surface area is 88.4 Å². The molecule has 0 saturated carbocycles. The summed E-state index contributed by atoms with van der Waals surface area (Å²) in [5, 5.41) is 0. The maximum atomic E-state index is 12.0. The van der Waals surface area contributed by atoms with Gasteiger partial charge in [0.15, 0.2) is 5.78 Å². The van der Waals surface area contributed by atoms with Crippen molar-refractivity contribution in [2.75, 3.05) is 13.1 Å². The maximum absolute atomic E-state index is 12.0. The lowest BCUT2D eigenvalue weighted by atomic mass is 9.84. The van der Waals surface area contributed by atoms with Crippen molar-refractivity contribution >= 4 is 11.9 Å². The molecule has 15 heavy (non-hydrogen) atoms. The third-order valence-electron chi connectivity index (χ3n) is 3.31. The first-order valence-electron chi connectivity index (χ1n) is 5.37. The quantitative estimate of drug-likeness (QED) is 0.654. The molecule has 0 radical (unpaired) electrons. The molecule has 4 heterocycles. The van der Waals surface area contributed by atoms with Gasteiger partial charge in [-0.05, 0) is 25.0 Å². The van der Waals surface area contributed by atoms with Gasteiger partial charge in [0.2, 0.25) is 0 Å². The van der Waals surface area contributed by atoms with Gasteiger partial charge in [0.1, 0.15) is 0 Å². The summed E-state index contributed by atoms with van der Waals surface area (Å²) in [5.74, 6) is 0.585. The lowest BCUT2D eigenvalue weighted by Crippen LogP contribution is -2.45. The lowest BCUT2D eigenvalue weighted by molar-refractivity contribution is -0.125. The van der Waals surface area contributed by atoms with E-state index in [0.29, 0.717) is 5.78 Å². The molecule has 0 N–H and O–H groups in total. The average molecular weight is 203 g/mol. The molecule has 0 spiro atoms. The number of rotatable bonds is 1. The number of nitrogens with zero attached hydrogens (tertiary/aromatic N) is 1. The predicted octanol–water partition coefficient (Wildman–Crippen LogP) is 1.92. The van der Waals surface area contributed by atoms with Crippen molar-refractivity contribution < 1.29 is 9.21 Å². The van der Waals surface area contributed by atoms with Gasteiger partial charge in [0.25, 0.3) is 0 Å². The van der Waals surface area contributed by atoms with Crippen LogP contribution in [0.5, 0.6) is 0 Å². The topological polar surface area (TPSA) is 33.5 Å². The van der Waals surface area contributed by atoms with Gasteiger partial charge in [-0.15, -0.1) is 0 Å². The minimum atomic E-state index is 0.271. The minimum Gasteiger partial charge on any atom is -0.472 e. The highest BCUT2D eigenvalue weighted by molar-refractivity contribution is 6.01. The van der Waals surface area contributed by atoms with E-state index in [1.807, 2.05) is 12.1 Å². The van der Waals surface area contributed by atoms with Crippen molar-refractivity contribution in [3.8, 4) is 0 Å². The van der Waals surface area contributed by atoms with Gasteiger partial charge in [-0.2, -0.15) is 0 Å². The maximum Gasteiger partial charge on any atom is 0.182 e. The number of hydrogen-bond donors (Lipinski definition) is 0. The minimum absolute atomic E-state index is 0.271. The largest absolute Gasteiger partial charge is 0.472 e. The first-order chi connectivity index (χ1) is 7.34. The zero-order chi connectivity index (χ0) is 10.3. The second-order valence-corrected chi connectivity index (χ2v) is 4.21. The number of allylic oxidation sites excluding steroid dienone is 1. The standard InChI is InChI=1S/C12H13NO2/c14-12-10-1-4-13(5-2-10)11(12)7-9-3-6-15-8-9/h3,6-8,10H,1-2,4-5H2/b11-7+. The van der Waals surface area contributed by atoms with Gasteiger partial charge >= 0.3 is 0 Å². The fourth-order valence-corrected chi connectivity index (χ4v) is 2.42. The monoisotopic (exact) mass is 203 g/mol. The molecule has 3 aliphatic heterocycles. The average Bonchev–Trinajstić information content (AvgIpc) is 2.77. The predicted molar refractivity (Wildman–Crippen MR) is 56.0 cm³/mol. The molecule has 0 atom stereocenters. The number of furan rings is 1. The lowest BCUT2D eigenvalue weighted by Gasteiger charge is -2.41. The Morgan fingerprint density at radius 1 is 1.40 bits per heavy atom. The van der Waals surface area contributed by atoms with Crippen molar-refractivity contribution in [1.82, 2.24) is 4.90 Å². The molecule has 3 nitrogen and oxygen atoms in total. The van der Waals surface area contributed by atoms with Crippen LogP contribution >= 0.6 is 0 Å². The van der Waals surface area contributed by atoms with E-state index in [1.54, 1.807) is 12.5 Å². The number of ketones is 1. The Hall–Kier alpha value is -1.51. The van der Waals surface area contributed by atoms with Crippen LogP contribution in [0.25, 0.3) is 6.08 Å². The molecular weight excluding hydrogens is 190 g/mol. The Bertz CT molecular complexity index is 397. The van der Waals surface area contributed by atoms with E-state index in [1.165, 1.54) is 0 Å². The van der Waals surface area contributed by atoms with Crippen LogP contribution in [0.15, 0.2) is 28.7 Å². The Balaban J connectivity index is 1.95. The summed E-state index contributed by atoms with van der Waals surface area (Å²) in [6.07, 6.45) is 7.30. The summed E-state index contributed by atoms with van der Waals surface area (Å²) in [4.78, 5) is 14.2. The highest BCUT2D eigenvalue weighted by Crippen LogP contribution is 2.32. The van der Waals surface area contributed by atoms with Crippen molar-refractivity contribution in [2.24, 2.45) is 5.92 Å². The molecule has 78 valence electrons. The van der Waals surface area contributed by atoms with E-state index in [-0.39, 0.29) is 5.92 Å². The fraction of sp³-hybridized carbons (Fsp3) is 0.417. The molecule has 0 aliphatic carbocycles. The number of carbonyl (C=O) groups is 1. The highest BCUT2D eigenvalue weighted by atomic mass is 16.3. The van der Waals surface area contributed by atoms with Gasteiger partial charge < -0.3 is 9.32 Å². The molecule has 3 saturated heterocycles. The normalized spacial score (nSPS) is 24.1. The van der Waals surface area contributed by atoms with Gasteiger partial charge in [-0.1, -0.05) is 0 Å². The van der Waals surface area contributed by atoms with E-state index in [4.69, 9.17) is 4.42 Å². The van der Waals surface area contributed by atoms with Crippen LogP contribution in [-0.2, 0) is 4.79 Å². The van der Waals surface area contributed by atoms with Crippen LogP contribution in [0, 0.1) is 5.92 Å². The molecule has 2 bridgehead atoms. The smallest absolute Gasteiger partial charge is 0.182 e. The van der Waals surface area contributed by atoms with Crippen molar-refractivity contribution in [3.05, 3.63) is 29.9 Å². The van der Waals surface area contributed by atoms with Crippen LogP contribution in [0.2, 0.25) is 0 Å². The summed E-state index contributed by atoms with van der Waals surface area (Å²) < 4.78 is 5.00. The van der Waals surface area contributed by atoms with Crippen LogP contribution in [-0.4, -0.2) is 23.8 Å². The number of carbonyl (C=O) groups excluding carboxylic acids is 1. The Kier molecular flexibility index (Phi) is 1.91. The fourth-order valence-electron chi connectivity index (χ4n) is 2.42. The van der Waals surface area contributed by atoms with Crippen LogP contribution in [0.1, 0.15) is 18.4 Å². The van der Waals surface area contributed by atoms with Gasteiger partial charge in [0.05, 0.1) is 18.2 Å². The first kappa shape index (κ1) is 8.77. The second-order valence-electron chi connectivity index (χ2n) is 4.21. The summed E-state index contributed by atoms with van der Waals surface area (Å²) >= 11 is 0. The van der Waals surface area contributed by atoms with Crippen molar-refractivity contribution in [3.63, 3.8) is 0 Å². The number of Topliss-reactive ketones (excluding diaryl/α,β-unsaturated/α-hetero) is 1. The number of piperidine rings is 3. The second kappa shape index (κ2) is 3.26. The molecule has 3 fully saturated rings. The zero-order valence-corrected chi connectivity index (χ0v) is 8.48. The zero-order valence-electron chi connectivity index (χ0n) is 8.48. The van der Waals surface area contributed by atoms with Gasteiger partial charge in [0, 0.05) is 24.6 Å². The van der Waals surface area contributed by atoms with E-state index in [0.717, 1.165) is 37.2 Å². The van der Waals surface area contributed by atoms with Crippen molar-refractivity contribution in [1.29, 1.82) is 0 Å². The highest BCUT2D eigenvalue weighted by Gasteiger charge is 2.36. The molecular formula is C12H13NO2. The molecule has 1 aromatic rings. The Morgan fingerprint density at radius 2 is 2.20 bits per heavy atom. The van der Waals surface area contributed by atoms with Crippen molar-refractivity contribution in [2.45, 2.75) is 12.8 Å². The number of fused-ring (bicyclic) bond motifs is 3. The van der Waals surface area contributed by atoms with E-state index < -0.39 is 0 Å².